The molecule has 0 fully saturated rings. The van der Waals surface area contributed by atoms with Crippen molar-refractivity contribution in [1.82, 2.24) is 4.90 Å². The molecule has 0 saturated heterocycles. The number of fused-ring (bicyclic) bond motifs is 2. The summed E-state index contributed by atoms with van der Waals surface area (Å²) >= 11 is 0. The van der Waals surface area contributed by atoms with E-state index in [0.717, 1.165) is 25.2 Å². The van der Waals surface area contributed by atoms with Crippen LogP contribution in [0.4, 0.5) is 0 Å². The van der Waals surface area contributed by atoms with E-state index in [-0.39, 0.29) is 6.61 Å². The van der Waals surface area contributed by atoms with Crippen molar-refractivity contribution in [2.45, 2.75) is 26.6 Å². The van der Waals surface area contributed by atoms with Gasteiger partial charge in [-0.2, -0.15) is 0 Å². The topological polar surface area (TPSA) is 23.5 Å². The quantitative estimate of drug-likeness (QED) is 0.852. The third-order valence-electron chi connectivity index (χ3n) is 3.75. The Morgan fingerprint density at radius 2 is 2.06 bits per heavy atom. The van der Waals surface area contributed by atoms with Gasteiger partial charge in [0.15, 0.2) is 0 Å². The Balaban J connectivity index is 2.24. The van der Waals surface area contributed by atoms with Gasteiger partial charge in [0.2, 0.25) is 0 Å². The molecule has 2 nitrogen and oxygen atoms in total. The number of rotatable bonds is 2. The molecule has 1 heterocycles. The normalized spacial score (nSPS) is 15.4. The van der Waals surface area contributed by atoms with Crippen molar-refractivity contribution >= 4 is 10.8 Å². The lowest BCUT2D eigenvalue weighted by molar-refractivity contribution is 0.276. The molecule has 0 unspecified atom stereocenters. The summed E-state index contributed by atoms with van der Waals surface area (Å²) in [5, 5.41) is 12.1. The highest BCUT2D eigenvalue weighted by molar-refractivity contribution is 5.88. The Morgan fingerprint density at radius 3 is 2.82 bits per heavy atom. The van der Waals surface area contributed by atoms with Crippen LogP contribution in [0.15, 0.2) is 30.3 Å². The van der Waals surface area contributed by atoms with Crippen LogP contribution in [0.25, 0.3) is 10.8 Å². The van der Waals surface area contributed by atoms with Crippen LogP contribution in [-0.2, 0) is 19.7 Å². The molecule has 0 atom stereocenters. The predicted molar refractivity (Wildman–Crippen MR) is 69.7 cm³/mol. The molecule has 0 spiro atoms. The Hall–Kier alpha value is -1.38. The van der Waals surface area contributed by atoms with E-state index in [1.165, 1.54) is 21.9 Å². The zero-order chi connectivity index (χ0) is 11.8. The maximum Gasteiger partial charge on any atom is 0.0691 e. The molecule has 2 heteroatoms. The first kappa shape index (κ1) is 10.8. The van der Waals surface area contributed by atoms with Gasteiger partial charge in [-0.05, 0) is 40.1 Å². The van der Waals surface area contributed by atoms with Crippen molar-refractivity contribution in [3.05, 3.63) is 47.0 Å². The summed E-state index contributed by atoms with van der Waals surface area (Å²) in [5.41, 5.74) is 3.84. The van der Waals surface area contributed by atoms with Gasteiger partial charge in [-0.25, -0.2) is 0 Å². The van der Waals surface area contributed by atoms with Crippen molar-refractivity contribution < 1.29 is 5.11 Å². The Morgan fingerprint density at radius 1 is 1.24 bits per heavy atom. The van der Waals surface area contributed by atoms with E-state index in [1.807, 2.05) is 6.07 Å². The molecule has 3 rings (SSSR count). The van der Waals surface area contributed by atoms with Crippen molar-refractivity contribution in [3.63, 3.8) is 0 Å². The third-order valence-corrected chi connectivity index (χ3v) is 3.75. The van der Waals surface area contributed by atoms with Crippen LogP contribution < -0.4 is 0 Å². The van der Waals surface area contributed by atoms with Crippen LogP contribution in [0.5, 0.6) is 0 Å². The number of benzene rings is 2. The van der Waals surface area contributed by atoms with E-state index >= 15 is 0 Å². The first-order chi connectivity index (χ1) is 8.33. The van der Waals surface area contributed by atoms with Crippen molar-refractivity contribution in [1.29, 1.82) is 0 Å². The summed E-state index contributed by atoms with van der Waals surface area (Å²) in [6.45, 7) is 5.39. The van der Waals surface area contributed by atoms with Gasteiger partial charge in [0, 0.05) is 13.1 Å². The second kappa shape index (κ2) is 4.13. The molecule has 0 radical (unpaired) electrons. The first-order valence-corrected chi connectivity index (χ1v) is 6.19. The average molecular weight is 227 g/mol. The minimum Gasteiger partial charge on any atom is -0.392 e. The number of hydrogen-bond acceptors (Lipinski definition) is 2. The van der Waals surface area contributed by atoms with Gasteiger partial charge in [0.1, 0.15) is 0 Å². The van der Waals surface area contributed by atoms with Gasteiger partial charge in [-0.1, -0.05) is 31.2 Å². The summed E-state index contributed by atoms with van der Waals surface area (Å²) in [6, 6.07) is 10.6. The van der Waals surface area contributed by atoms with Crippen LogP contribution in [0.2, 0.25) is 0 Å². The maximum atomic E-state index is 9.64. The smallest absolute Gasteiger partial charge is 0.0691 e. The summed E-state index contributed by atoms with van der Waals surface area (Å²) in [6.07, 6.45) is 0. The summed E-state index contributed by atoms with van der Waals surface area (Å²) in [5.74, 6) is 0. The highest BCUT2D eigenvalue weighted by atomic mass is 16.3. The Bertz CT molecular complexity index is 562. The van der Waals surface area contributed by atoms with Crippen LogP contribution >= 0.6 is 0 Å². The van der Waals surface area contributed by atoms with E-state index in [4.69, 9.17) is 0 Å². The molecule has 2 aromatic rings. The van der Waals surface area contributed by atoms with Crippen LogP contribution in [-0.4, -0.2) is 16.6 Å². The third kappa shape index (κ3) is 1.65. The fraction of sp³-hybridized carbons (Fsp3) is 0.333. The van der Waals surface area contributed by atoms with E-state index < -0.39 is 0 Å². The molecular formula is C15H17NO. The number of aliphatic hydroxyl groups excluding tert-OH is 1. The zero-order valence-corrected chi connectivity index (χ0v) is 10.1. The standard InChI is InChI=1S/C15H17NO/c1-2-16-8-12-7-11-5-3-4-6-13(11)15(10-17)14(12)9-16/h3-7,17H,2,8-10H2,1H3. The van der Waals surface area contributed by atoms with E-state index in [2.05, 4.69) is 36.1 Å². The van der Waals surface area contributed by atoms with Crippen molar-refractivity contribution in [3.8, 4) is 0 Å². The molecular weight excluding hydrogens is 210 g/mol. The maximum absolute atomic E-state index is 9.64. The fourth-order valence-corrected chi connectivity index (χ4v) is 2.79. The monoisotopic (exact) mass is 227 g/mol. The lowest BCUT2D eigenvalue weighted by atomic mass is 9.96. The molecule has 1 N–H and O–H groups in total. The van der Waals surface area contributed by atoms with E-state index in [1.54, 1.807) is 0 Å². The summed E-state index contributed by atoms with van der Waals surface area (Å²) < 4.78 is 0. The van der Waals surface area contributed by atoms with Crippen LogP contribution in [0, 0.1) is 0 Å². The first-order valence-electron chi connectivity index (χ1n) is 6.19. The zero-order valence-electron chi connectivity index (χ0n) is 10.1. The SMILES string of the molecule is CCN1Cc2cc3ccccc3c(CO)c2C1. The highest BCUT2D eigenvalue weighted by Crippen LogP contribution is 2.32. The van der Waals surface area contributed by atoms with Crippen LogP contribution in [0.3, 0.4) is 0 Å². The van der Waals surface area contributed by atoms with E-state index in [9.17, 15) is 5.11 Å². The summed E-state index contributed by atoms with van der Waals surface area (Å²) in [7, 11) is 0. The average Bonchev–Trinajstić information content (AvgIpc) is 2.78. The number of hydrogen-bond donors (Lipinski definition) is 1. The van der Waals surface area contributed by atoms with Gasteiger partial charge < -0.3 is 5.11 Å². The summed E-state index contributed by atoms with van der Waals surface area (Å²) in [4.78, 5) is 2.41. The lowest BCUT2D eigenvalue weighted by Gasteiger charge is -2.11. The van der Waals surface area contributed by atoms with Crippen molar-refractivity contribution in [2.24, 2.45) is 0 Å². The van der Waals surface area contributed by atoms with Gasteiger partial charge >= 0.3 is 0 Å². The molecule has 0 aromatic heterocycles. The van der Waals surface area contributed by atoms with Gasteiger partial charge in [0.25, 0.3) is 0 Å². The second-order valence-electron chi connectivity index (χ2n) is 4.68. The number of nitrogens with zero attached hydrogens (tertiary/aromatic N) is 1. The fourth-order valence-electron chi connectivity index (χ4n) is 2.79. The van der Waals surface area contributed by atoms with Crippen molar-refractivity contribution in [2.75, 3.05) is 6.54 Å². The lowest BCUT2D eigenvalue weighted by Crippen LogP contribution is -2.14. The molecule has 1 aliphatic heterocycles. The molecule has 0 bridgehead atoms. The second-order valence-corrected chi connectivity index (χ2v) is 4.68. The molecule has 17 heavy (non-hydrogen) atoms. The Kier molecular flexibility index (Phi) is 2.61. The van der Waals surface area contributed by atoms with E-state index in [0.29, 0.717) is 0 Å². The minimum absolute atomic E-state index is 0.140. The molecule has 0 amide bonds. The highest BCUT2D eigenvalue weighted by Gasteiger charge is 2.21. The minimum atomic E-state index is 0.140. The molecule has 0 aliphatic carbocycles. The largest absolute Gasteiger partial charge is 0.392 e. The number of aliphatic hydroxyl groups is 1. The van der Waals surface area contributed by atoms with Gasteiger partial charge in [0.05, 0.1) is 6.61 Å². The van der Waals surface area contributed by atoms with Crippen LogP contribution in [0.1, 0.15) is 23.6 Å². The molecule has 1 aliphatic rings. The van der Waals surface area contributed by atoms with Gasteiger partial charge in [-0.15, -0.1) is 0 Å². The predicted octanol–water partition coefficient (Wildman–Crippen LogP) is 2.67. The molecule has 2 aromatic carbocycles. The molecule has 88 valence electrons. The molecule has 0 saturated carbocycles. The van der Waals surface area contributed by atoms with Gasteiger partial charge in [-0.3, -0.25) is 4.90 Å². The Labute approximate surface area is 101 Å².